The summed E-state index contributed by atoms with van der Waals surface area (Å²) in [7, 11) is 0. The molecule has 1 aliphatic heterocycles. The van der Waals surface area contributed by atoms with Crippen LogP contribution < -0.4 is 0 Å². The second kappa shape index (κ2) is 12.2. The first-order valence-corrected chi connectivity index (χ1v) is 18.8. The summed E-state index contributed by atoms with van der Waals surface area (Å²) in [4.78, 5) is 22.3. The van der Waals surface area contributed by atoms with E-state index in [0.29, 0.717) is 23.2 Å². The van der Waals surface area contributed by atoms with Crippen molar-refractivity contribution in [3.8, 4) is 45.4 Å². The summed E-state index contributed by atoms with van der Waals surface area (Å²) in [6, 6.07) is 58.6. The molecular formula is C48H34N4S. The molecule has 4 nitrogen and oxygen atoms in total. The fraction of sp³-hybridized carbons (Fsp3) is 0.0833. The summed E-state index contributed by atoms with van der Waals surface area (Å²) in [6.07, 6.45) is 1.78. The van der Waals surface area contributed by atoms with Gasteiger partial charge in [0.15, 0.2) is 17.5 Å². The van der Waals surface area contributed by atoms with Gasteiger partial charge in [-0.05, 0) is 74.8 Å². The van der Waals surface area contributed by atoms with Gasteiger partial charge >= 0.3 is 0 Å². The third-order valence-electron chi connectivity index (χ3n) is 10.9. The van der Waals surface area contributed by atoms with Crippen molar-refractivity contribution < 1.29 is 0 Å². The van der Waals surface area contributed by atoms with Gasteiger partial charge in [0.05, 0.1) is 5.41 Å². The molecule has 0 radical (unpaired) electrons. The molecule has 3 heterocycles. The maximum absolute atomic E-state index is 5.12. The van der Waals surface area contributed by atoms with E-state index in [1.807, 2.05) is 60.3 Å². The first kappa shape index (κ1) is 31.6. The van der Waals surface area contributed by atoms with E-state index in [0.717, 1.165) is 22.3 Å². The number of hydrogen-bond donors (Lipinski definition) is 0. The summed E-state index contributed by atoms with van der Waals surface area (Å²) in [6.45, 7) is 4.74. The average molecular weight is 699 g/mol. The lowest BCUT2D eigenvalue weighted by atomic mass is 9.54. The van der Waals surface area contributed by atoms with Crippen LogP contribution in [0.25, 0.3) is 45.4 Å². The van der Waals surface area contributed by atoms with E-state index in [2.05, 4.69) is 134 Å². The van der Waals surface area contributed by atoms with Gasteiger partial charge in [0.25, 0.3) is 0 Å². The van der Waals surface area contributed by atoms with Crippen LogP contribution in [0.4, 0.5) is 0 Å². The highest BCUT2D eigenvalue weighted by molar-refractivity contribution is 7.99. The Bertz CT molecular complexity index is 2580. The Labute approximate surface area is 313 Å². The van der Waals surface area contributed by atoms with Crippen molar-refractivity contribution in [2.24, 2.45) is 0 Å². The van der Waals surface area contributed by atoms with E-state index in [-0.39, 0.29) is 5.41 Å². The quantitative estimate of drug-likeness (QED) is 0.183. The van der Waals surface area contributed by atoms with Crippen LogP contribution in [-0.4, -0.2) is 19.9 Å². The van der Waals surface area contributed by atoms with E-state index in [1.54, 1.807) is 6.20 Å². The standard InChI is InChI=1S/C48H34N4S/c1-47(2)35-20-8-9-21-37(35)48(38-22-10-12-25-42(38)53-43-26-13-11-23-39(43)48)40-30-32(27-28-36(40)47)33-18-6-7-19-34(33)45-50-44(31-16-4-3-5-17-31)51-46(52-45)41-24-14-15-29-49-41/h3-30H,1-2H3. The zero-order valence-corrected chi connectivity index (χ0v) is 30.2. The molecule has 0 atom stereocenters. The molecule has 5 heteroatoms. The van der Waals surface area contributed by atoms with E-state index in [1.165, 1.54) is 43.2 Å². The Morgan fingerprint density at radius 3 is 1.70 bits per heavy atom. The summed E-state index contributed by atoms with van der Waals surface area (Å²) in [5.41, 5.74) is 12.0. The van der Waals surface area contributed by atoms with Crippen molar-refractivity contribution in [2.75, 3.05) is 0 Å². The van der Waals surface area contributed by atoms with Crippen LogP contribution in [0.5, 0.6) is 0 Å². The van der Waals surface area contributed by atoms with Crippen molar-refractivity contribution in [3.05, 3.63) is 203 Å². The average Bonchev–Trinajstić information content (AvgIpc) is 3.23. The third-order valence-corrected chi connectivity index (χ3v) is 12.1. The van der Waals surface area contributed by atoms with Gasteiger partial charge in [-0.25, -0.2) is 15.0 Å². The van der Waals surface area contributed by atoms with Crippen LogP contribution in [-0.2, 0) is 10.8 Å². The number of aromatic nitrogens is 4. The molecule has 0 saturated carbocycles. The molecule has 252 valence electrons. The van der Waals surface area contributed by atoms with Crippen LogP contribution in [0, 0.1) is 0 Å². The predicted octanol–water partition coefficient (Wildman–Crippen LogP) is 11.4. The number of hydrogen-bond acceptors (Lipinski definition) is 5. The number of benzene rings is 6. The van der Waals surface area contributed by atoms with Gasteiger partial charge in [-0.1, -0.05) is 159 Å². The van der Waals surface area contributed by atoms with Crippen LogP contribution >= 0.6 is 11.8 Å². The topological polar surface area (TPSA) is 51.6 Å². The fourth-order valence-corrected chi connectivity index (χ4v) is 9.73. The van der Waals surface area contributed by atoms with Gasteiger partial charge < -0.3 is 0 Å². The zero-order valence-electron chi connectivity index (χ0n) is 29.4. The van der Waals surface area contributed by atoms with Crippen LogP contribution in [0.2, 0.25) is 0 Å². The van der Waals surface area contributed by atoms with Gasteiger partial charge in [0.2, 0.25) is 0 Å². The molecule has 53 heavy (non-hydrogen) atoms. The van der Waals surface area contributed by atoms with Gasteiger partial charge in [-0.15, -0.1) is 0 Å². The molecule has 2 aromatic heterocycles. The molecular weight excluding hydrogens is 665 g/mol. The van der Waals surface area contributed by atoms with Gasteiger partial charge in [-0.3, -0.25) is 4.98 Å². The predicted molar refractivity (Wildman–Crippen MR) is 214 cm³/mol. The van der Waals surface area contributed by atoms with Crippen molar-refractivity contribution >= 4 is 11.8 Å². The first-order valence-electron chi connectivity index (χ1n) is 18.0. The number of pyridine rings is 1. The fourth-order valence-electron chi connectivity index (χ4n) is 8.54. The Morgan fingerprint density at radius 1 is 0.415 bits per heavy atom. The maximum atomic E-state index is 5.12. The van der Waals surface area contributed by atoms with E-state index >= 15 is 0 Å². The van der Waals surface area contributed by atoms with E-state index in [9.17, 15) is 0 Å². The minimum Gasteiger partial charge on any atom is -0.253 e. The summed E-state index contributed by atoms with van der Waals surface area (Å²) in [5.74, 6) is 1.76. The third kappa shape index (κ3) is 4.84. The minimum absolute atomic E-state index is 0.222. The number of rotatable bonds is 4. The molecule has 0 N–H and O–H groups in total. The molecule has 1 aliphatic carbocycles. The normalized spacial score (nSPS) is 14.5. The number of nitrogens with zero attached hydrogens (tertiary/aromatic N) is 4. The summed E-state index contributed by atoms with van der Waals surface area (Å²) >= 11 is 1.87. The lowest BCUT2D eigenvalue weighted by Crippen LogP contribution is -2.43. The Kier molecular flexibility index (Phi) is 7.27. The van der Waals surface area contributed by atoms with E-state index in [4.69, 9.17) is 15.0 Å². The van der Waals surface area contributed by atoms with Crippen molar-refractivity contribution in [3.63, 3.8) is 0 Å². The van der Waals surface area contributed by atoms with Gasteiger partial charge in [0, 0.05) is 32.5 Å². The smallest absolute Gasteiger partial charge is 0.182 e. The van der Waals surface area contributed by atoms with Crippen LogP contribution in [0.15, 0.2) is 180 Å². The zero-order chi connectivity index (χ0) is 35.6. The van der Waals surface area contributed by atoms with E-state index < -0.39 is 5.41 Å². The highest BCUT2D eigenvalue weighted by Gasteiger charge is 2.52. The molecule has 1 spiro atoms. The Balaban J connectivity index is 1.24. The molecule has 6 aromatic carbocycles. The molecule has 0 saturated heterocycles. The molecule has 8 aromatic rings. The second-order valence-electron chi connectivity index (χ2n) is 14.2. The molecule has 0 bridgehead atoms. The molecule has 0 fully saturated rings. The Morgan fingerprint density at radius 2 is 0.981 bits per heavy atom. The molecule has 0 amide bonds. The largest absolute Gasteiger partial charge is 0.253 e. The molecule has 0 unspecified atom stereocenters. The monoisotopic (exact) mass is 698 g/mol. The summed E-state index contributed by atoms with van der Waals surface area (Å²) in [5, 5.41) is 0. The van der Waals surface area contributed by atoms with Crippen molar-refractivity contribution in [1.29, 1.82) is 0 Å². The Hall–Kier alpha value is -6.17. The minimum atomic E-state index is -0.509. The molecule has 2 aliphatic rings. The maximum Gasteiger partial charge on any atom is 0.182 e. The first-order chi connectivity index (χ1) is 26.0. The van der Waals surface area contributed by atoms with Crippen LogP contribution in [0.3, 0.4) is 0 Å². The van der Waals surface area contributed by atoms with Crippen LogP contribution in [0.1, 0.15) is 47.2 Å². The number of fused-ring (bicyclic) bond motifs is 8. The van der Waals surface area contributed by atoms with Crippen molar-refractivity contribution in [2.45, 2.75) is 34.5 Å². The van der Waals surface area contributed by atoms with Gasteiger partial charge in [-0.2, -0.15) is 0 Å². The highest BCUT2D eigenvalue weighted by Crippen LogP contribution is 2.61. The second-order valence-corrected chi connectivity index (χ2v) is 15.3. The van der Waals surface area contributed by atoms with Gasteiger partial charge in [0.1, 0.15) is 5.69 Å². The molecule has 10 rings (SSSR count). The lowest BCUT2D eigenvalue weighted by molar-refractivity contribution is 0.549. The summed E-state index contributed by atoms with van der Waals surface area (Å²) < 4.78 is 0. The lowest BCUT2D eigenvalue weighted by Gasteiger charge is -2.50. The highest BCUT2D eigenvalue weighted by atomic mass is 32.2. The SMILES string of the molecule is CC1(C)c2ccccc2C2(c3ccccc3Sc3ccccc32)c2cc(-c3ccccc3-c3nc(-c4ccccc4)nc(-c4ccccn4)n3)ccc21. The van der Waals surface area contributed by atoms with Crippen molar-refractivity contribution in [1.82, 2.24) is 19.9 Å².